The molecule has 1 nitrogen and oxygen atoms in total. The van der Waals surface area contributed by atoms with Crippen LogP contribution in [-0.4, -0.2) is 5.11 Å². The van der Waals surface area contributed by atoms with Gasteiger partial charge in [-0.2, -0.15) is 13.2 Å². The van der Waals surface area contributed by atoms with Crippen LogP contribution in [0.25, 0.3) is 11.6 Å². The Hall–Kier alpha value is -2.40. The smallest absolute Gasteiger partial charge is 0.419 e. The number of phenolic OH excluding ortho intramolecular Hbond substituents is 1. The van der Waals surface area contributed by atoms with Crippen LogP contribution < -0.4 is 0 Å². The minimum Gasteiger partial charge on any atom is -0.507 e. The molecule has 0 radical (unpaired) electrons. The molecule has 0 saturated heterocycles. The molecule has 0 bridgehead atoms. The normalized spacial score (nSPS) is 18.0. The van der Waals surface area contributed by atoms with Gasteiger partial charge in [-0.15, -0.1) is 11.8 Å². The first-order valence-corrected chi connectivity index (χ1v) is 11.0. The molecule has 30 heavy (non-hydrogen) atoms. The van der Waals surface area contributed by atoms with Crippen molar-refractivity contribution in [3.8, 4) is 5.75 Å². The predicted molar refractivity (Wildman–Crippen MR) is 118 cm³/mol. The molecule has 1 N–H and O–H groups in total. The standard InChI is InChI=1S/C25H23F3OS/c1-14(2)17-9-10-18-12-20(25(26,27)28)23(29)22-21(18)19(11-17)15(3)24(22)30-13-16-7-5-4-6-8-16/h4-12,14,24,29H,13H2,1-3H3. The Morgan fingerprint density at radius 2 is 1.80 bits per heavy atom. The van der Waals surface area contributed by atoms with E-state index in [0.717, 1.165) is 33.9 Å². The lowest BCUT2D eigenvalue weighted by Crippen LogP contribution is -2.09. The van der Waals surface area contributed by atoms with Crippen LogP contribution in [0.2, 0.25) is 0 Å². The molecule has 1 unspecified atom stereocenters. The van der Waals surface area contributed by atoms with Crippen molar-refractivity contribution in [2.45, 2.75) is 38.0 Å². The van der Waals surface area contributed by atoms with Gasteiger partial charge in [0.2, 0.25) is 0 Å². The maximum absolute atomic E-state index is 13.7. The fourth-order valence-corrected chi connectivity index (χ4v) is 5.41. The molecule has 2 aliphatic rings. The zero-order valence-electron chi connectivity index (χ0n) is 17.0. The second-order valence-electron chi connectivity index (χ2n) is 8.05. The first kappa shape index (κ1) is 20.9. The van der Waals surface area contributed by atoms with E-state index in [1.807, 2.05) is 43.3 Å². The van der Waals surface area contributed by atoms with Crippen LogP contribution >= 0.6 is 11.8 Å². The molecule has 2 aliphatic carbocycles. The van der Waals surface area contributed by atoms with Crippen LogP contribution in [0.4, 0.5) is 13.2 Å². The Kier molecular flexibility index (Phi) is 5.35. The van der Waals surface area contributed by atoms with Crippen molar-refractivity contribution >= 4 is 23.4 Å². The van der Waals surface area contributed by atoms with Gasteiger partial charge in [-0.05, 0) is 52.3 Å². The van der Waals surface area contributed by atoms with Crippen LogP contribution in [0.15, 0.2) is 59.7 Å². The zero-order valence-corrected chi connectivity index (χ0v) is 17.9. The van der Waals surface area contributed by atoms with Gasteiger partial charge in [0.05, 0.1) is 10.8 Å². The number of allylic oxidation sites excluding steroid dienone is 4. The number of benzene rings is 2. The third kappa shape index (κ3) is 3.60. The second-order valence-corrected chi connectivity index (χ2v) is 9.15. The van der Waals surface area contributed by atoms with Gasteiger partial charge in [0.15, 0.2) is 0 Å². The molecular weight excluding hydrogens is 405 g/mol. The maximum Gasteiger partial charge on any atom is 0.419 e. The first-order valence-electron chi connectivity index (χ1n) is 9.92. The Morgan fingerprint density at radius 3 is 2.43 bits per heavy atom. The molecule has 2 aromatic rings. The van der Waals surface area contributed by atoms with Gasteiger partial charge in [0.25, 0.3) is 0 Å². The second kappa shape index (κ2) is 7.69. The number of rotatable bonds is 4. The lowest BCUT2D eigenvalue weighted by atomic mass is 9.94. The number of halogens is 3. The summed E-state index contributed by atoms with van der Waals surface area (Å²) in [6, 6.07) is 10.9. The van der Waals surface area contributed by atoms with Crippen molar-refractivity contribution in [1.29, 1.82) is 0 Å². The van der Waals surface area contributed by atoms with E-state index in [-0.39, 0.29) is 11.2 Å². The molecule has 156 valence electrons. The van der Waals surface area contributed by atoms with Crippen molar-refractivity contribution in [1.82, 2.24) is 0 Å². The van der Waals surface area contributed by atoms with Gasteiger partial charge in [0, 0.05) is 11.3 Å². The van der Waals surface area contributed by atoms with Gasteiger partial charge in [-0.1, -0.05) is 62.4 Å². The summed E-state index contributed by atoms with van der Waals surface area (Å²) in [6.45, 7) is 6.10. The van der Waals surface area contributed by atoms with Gasteiger partial charge >= 0.3 is 6.18 Å². The van der Waals surface area contributed by atoms with E-state index in [4.69, 9.17) is 0 Å². The Morgan fingerprint density at radius 1 is 1.10 bits per heavy atom. The molecule has 4 rings (SSSR count). The molecular formula is C25H23F3OS. The first-order chi connectivity index (χ1) is 14.2. The van der Waals surface area contributed by atoms with E-state index < -0.39 is 17.5 Å². The van der Waals surface area contributed by atoms with Crippen LogP contribution in [0.5, 0.6) is 5.75 Å². The summed E-state index contributed by atoms with van der Waals surface area (Å²) in [5, 5.41) is 10.4. The highest BCUT2D eigenvalue weighted by atomic mass is 32.2. The highest BCUT2D eigenvalue weighted by Crippen LogP contribution is 2.57. The summed E-state index contributed by atoms with van der Waals surface area (Å²) in [5.41, 5.74) is 4.75. The summed E-state index contributed by atoms with van der Waals surface area (Å²) in [5.74, 6) is 0.249. The van der Waals surface area contributed by atoms with Gasteiger partial charge in [-0.3, -0.25) is 0 Å². The average molecular weight is 429 g/mol. The van der Waals surface area contributed by atoms with Crippen molar-refractivity contribution in [2.24, 2.45) is 5.92 Å². The summed E-state index contributed by atoms with van der Waals surface area (Å²) < 4.78 is 41.1. The van der Waals surface area contributed by atoms with Crippen LogP contribution in [-0.2, 0) is 11.9 Å². The summed E-state index contributed by atoms with van der Waals surface area (Å²) >= 11 is 1.55. The Labute approximate surface area is 179 Å². The van der Waals surface area contributed by atoms with E-state index >= 15 is 0 Å². The van der Waals surface area contributed by atoms with Crippen molar-refractivity contribution in [3.05, 3.63) is 87.5 Å². The molecule has 0 fully saturated rings. The quantitative estimate of drug-likeness (QED) is 0.536. The largest absolute Gasteiger partial charge is 0.507 e. The van der Waals surface area contributed by atoms with E-state index in [1.165, 1.54) is 0 Å². The lowest BCUT2D eigenvalue weighted by Gasteiger charge is -2.20. The van der Waals surface area contributed by atoms with Crippen molar-refractivity contribution in [2.75, 3.05) is 0 Å². The molecule has 0 amide bonds. The molecule has 0 aliphatic heterocycles. The molecule has 1 atom stereocenters. The lowest BCUT2D eigenvalue weighted by molar-refractivity contribution is -0.138. The van der Waals surface area contributed by atoms with Crippen LogP contribution in [0.3, 0.4) is 0 Å². The summed E-state index contributed by atoms with van der Waals surface area (Å²) in [4.78, 5) is 0. The molecule has 0 spiro atoms. The molecule has 0 heterocycles. The Balaban J connectivity index is 1.88. The zero-order chi connectivity index (χ0) is 21.6. The SMILES string of the molecule is CC1=C2C=C(C(C)C)C=Cc3cc(C(F)(F)F)c(O)c(c32)C1SCc1ccccc1. The van der Waals surface area contributed by atoms with Gasteiger partial charge < -0.3 is 5.11 Å². The van der Waals surface area contributed by atoms with E-state index in [9.17, 15) is 18.3 Å². The minimum atomic E-state index is -4.62. The maximum atomic E-state index is 13.7. The van der Waals surface area contributed by atoms with E-state index in [1.54, 1.807) is 17.8 Å². The molecule has 0 saturated carbocycles. The predicted octanol–water partition coefficient (Wildman–Crippen LogP) is 7.78. The third-order valence-corrected chi connectivity index (χ3v) is 7.14. The summed E-state index contributed by atoms with van der Waals surface area (Å²) in [7, 11) is 0. The highest BCUT2D eigenvalue weighted by Gasteiger charge is 2.41. The monoisotopic (exact) mass is 428 g/mol. The van der Waals surface area contributed by atoms with Crippen LogP contribution in [0.1, 0.15) is 53.8 Å². The van der Waals surface area contributed by atoms with Gasteiger partial charge in [-0.25, -0.2) is 0 Å². The highest BCUT2D eigenvalue weighted by molar-refractivity contribution is 7.99. The Bertz CT molecular complexity index is 1080. The van der Waals surface area contributed by atoms with E-state index in [2.05, 4.69) is 19.9 Å². The molecule has 0 aromatic heterocycles. The fourth-order valence-electron chi connectivity index (χ4n) is 4.08. The van der Waals surface area contributed by atoms with Gasteiger partial charge in [0.1, 0.15) is 5.75 Å². The summed E-state index contributed by atoms with van der Waals surface area (Å²) in [6.07, 6.45) is 1.10. The number of thioether (sulfide) groups is 1. The third-order valence-electron chi connectivity index (χ3n) is 5.72. The fraction of sp³-hybridized carbons (Fsp3) is 0.280. The van der Waals surface area contributed by atoms with Crippen molar-refractivity contribution < 1.29 is 18.3 Å². The van der Waals surface area contributed by atoms with E-state index in [0.29, 0.717) is 16.9 Å². The number of alkyl halides is 3. The van der Waals surface area contributed by atoms with Crippen molar-refractivity contribution in [3.63, 3.8) is 0 Å². The molecule has 2 aromatic carbocycles. The topological polar surface area (TPSA) is 20.2 Å². The number of phenols is 1. The number of aromatic hydroxyl groups is 1. The molecule has 5 heteroatoms. The average Bonchev–Trinajstić information content (AvgIpc) is 2.84. The van der Waals surface area contributed by atoms with Crippen LogP contribution in [0, 0.1) is 5.92 Å². The number of hydrogen-bond donors (Lipinski definition) is 1. The minimum absolute atomic E-state index is 0.242. The number of hydrogen-bond acceptors (Lipinski definition) is 2.